The second-order valence-electron chi connectivity index (χ2n) is 3.31. The summed E-state index contributed by atoms with van der Waals surface area (Å²) in [7, 11) is 0. The maximum atomic E-state index is 12.3. The highest BCUT2D eigenvalue weighted by Crippen LogP contribution is 2.32. The van der Waals surface area contributed by atoms with Gasteiger partial charge in [0, 0.05) is 10.3 Å². The monoisotopic (exact) mass is 306 g/mol. The summed E-state index contributed by atoms with van der Waals surface area (Å²) >= 11 is 2.09. The number of nitrogens with zero attached hydrogens (tertiary/aromatic N) is 2. The average molecular weight is 306 g/mol. The molecule has 0 aliphatic rings. The van der Waals surface area contributed by atoms with Crippen LogP contribution in [0.25, 0.3) is 0 Å². The van der Waals surface area contributed by atoms with Crippen molar-refractivity contribution in [1.82, 2.24) is 10.2 Å². The van der Waals surface area contributed by atoms with Crippen LogP contribution in [-0.4, -0.2) is 21.3 Å². The minimum absolute atomic E-state index is 0.155. The maximum Gasteiger partial charge on any atom is 0.435 e. The van der Waals surface area contributed by atoms with Crippen LogP contribution in [0.4, 0.5) is 13.2 Å². The Labute approximate surface area is 113 Å². The first kappa shape index (κ1) is 13.8. The standard InChI is InChI=1S/C10H5F3N2O2S2/c11-10(12,13)7-1-2-8(15-14-7)19-5-3-6(9(16)17)18-4-5/h1-4H,(H,16,17). The van der Waals surface area contributed by atoms with E-state index in [0.29, 0.717) is 4.90 Å². The summed E-state index contributed by atoms with van der Waals surface area (Å²) in [5, 5.41) is 17.1. The normalized spacial score (nSPS) is 11.5. The third-order valence-corrected chi connectivity index (χ3v) is 3.90. The quantitative estimate of drug-likeness (QED) is 0.941. The van der Waals surface area contributed by atoms with E-state index in [-0.39, 0.29) is 9.90 Å². The summed E-state index contributed by atoms with van der Waals surface area (Å²) < 4.78 is 36.8. The van der Waals surface area contributed by atoms with Crippen LogP contribution in [0, 0.1) is 0 Å². The van der Waals surface area contributed by atoms with Crippen molar-refractivity contribution < 1.29 is 23.1 Å². The molecule has 0 unspecified atom stereocenters. The van der Waals surface area contributed by atoms with Gasteiger partial charge < -0.3 is 5.11 Å². The molecule has 4 nitrogen and oxygen atoms in total. The summed E-state index contributed by atoms with van der Waals surface area (Å²) in [6, 6.07) is 3.45. The summed E-state index contributed by atoms with van der Waals surface area (Å²) in [6.07, 6.45) is -4.52. The van der Waals surface area contributed by atoms with Crippen LogP contribution < -0.4 is 0 Å². The number of hydrogen-bond acceptors (Lipinski definition) is 5. The molecule has 19 heavy (non-hydrogen) atoms. The number of carboxylic acid groups (broad SMARTS) is 1. The predicted octanol–water partition coefficient (Wildman–Crippen LogP) is 3.41. The third kappa shape index (κ3) is 3.44. The zero-order chi connectivity index (χ0) is 14.0. The van der Waals surface area contributed by atoms with Crippen molar-refractivity contribution in [2.24, 2.45) is 0 Å². The molecule has 0 spiro atoms. The molecule has 0 aliphatic heterocycles. The highest BCUT2D eigenvalue weighted by atomic mass is 32.2. The lowest BCUT2D eigenvalue weighted by Gasteiger charge is -2.04. The Kier molecular flexibility index (Phi) is 3.76. The summed E-state index contributed by atoms with van der Waals surface area (Å²) in [4.78, 5) is 11.4. The van der Waals surface area contributed by atoms with Gasteiger partial charge in [0.25, 0.3) is 0 Å². The number of carboxylic acids is 1. The van der Waals surface area contributed by atoms with Crippen molar-refractivity contribution in [2.75, 3.05) is 0 Å². The number of hydrogen-bond donors (Lipinski definition) is 1. The molecule has 100 valence electrons. The molecule has 1 N–H and O–H groups in total. The lowest BCUT2D eigenvalue weighted by atomic mass is 10.4. The van der Waals surface area contributed by atoms with E-state index >= 15 is 0 Å². The molecule has 0 bridgehead atoms. The lowest BCUT2D eigenvalue weighted by Crippen LogP contribution is -2.08. The smallest absolute Gasteiger partial charge is 0.435 e. The van der Waals surface area contributed by atoms with Crippen molar-refractivity contribution in [3.8, 4) is 0 Å². The Bertz CT molecular complexity index is 596. The number of aromatic nitrogens is 2. The highest BCUT2D eigenvalue weighted by Gasteiger charge is 2.32. The largest absolute Gasteiger partial charge is 0.477 e. The van der Waals surface area contributed by atoms with E-state index in [1.807, 2.05) is 0 Å². The molecule has 2 heterocycles. The Morgan fingerprint density at radius 3 is 2.53 bits per heavy atom. The van der Waals surface area contributed by atoms with Crippen LogP contribution in [0.15, 0.2) is 33.5 Å². The second-order valence-corrected chi connectivity index (χ2v) is 5.31. The van der Waals surface area contributed by atoms with Crippen LogP contribution in [0.5, 0.6) is 0 Å². The zero-order valence-electron chi connectivity index (χ0n) is 9.01. The van der Waals surface area contributed by atoms with Crippen LogP contribution in [0.2, 0.25) is 0 Å². The van der Waals surface area contributed by atoms with Crippen LogP contribution in [0.1, 0.15) is 15.4 Å². The fourth-order valence-electron chi connectivity index (χ4n) is 1.13. The van der Waals surface area contributed by atoms with Gasteiger partial charge >= 0.3 is 12.1 Å². The van der Waals surface area contributed by atoms with Crippen molar-refractivity contribution in [3.63, 3.8) is 0 Å². The van der Waals surface area contributed by atoms with E-state index in [9.17, 15) is 18.0 Å². The first-order valence-corrected chi connectivity index (χ1v) is 6.46. The van der Waals surface area contributed by atoms with Crippen LogP contribution >= 0.6 is 23.1 Å². The molecule has 0 fully saturated rings. The van der Waals surface area contributed by atoms with E-state index in [4.69, 9.17) is 5.11 Å². The van der Waals surface area contributed by atoms with Gasteiger partial charge in [-0.3, -0.25) is 0 Å². The zero-order valence-corrected chi connectivity index (χ0v) is 10.6. The molecule has 2 aromatic rings. The number of rotatable bonds is 3. The molecule has 9 heteroatoms. The lowest BCUT2D eigenvalue weighted by molar-refractivity contribution is -0.141. The van der Waals surface area contributed by atoms with Crippen LogP contribution in [0.3, 0.4) is 0 Å². The number of halogens is 3. The molecule has 0 saturated carbocycles. The van der Waals surface area contributed by atoms with E-state index in [2.05, 4.69) is 10.2 Å². The van der Waals surface area contributed by atoms with Gasteiger partial charge in [-0.05, 0) is 18.2 Å². The van der Waals surface area contributed by atoms with Gasteiger partial charge in [-0.25, -0.2) is 4.79 Å². The fraction of sp³-hybridized carbons (Fsp3) is 0.100. The first-order valence-electron chi connectivity index (χ1n) is 4.77. The summed E-state index contributed by atoms with van der Waals surface area (Å²) in [5.41, 5.74) is -1.06. The van der Waals surface area contributed by atoms with E-state index < -0.39 is 17.8 Å². The van der Waals surface area contributed by atoms with Gasteiger partial charge in [0.05, 0.1) is 0 Å². The minimum atomic E-state index is -4.52. The maximum absolute atomic E-state index is 12.3. The molecule has 0 aromatic carbocycles. The highest BCUT2D eigenvalue weighted by molar-refractivity contribution is 7.99. The number of aromatic carboxylic acids is 1. The molecule has 2 rings (SSSR count). The van der Waals surface area contributed by atoms with E-state index in [0.717, 1.165) is 29.2 Å². The Morgan fingerprint density at radius 1 is 1.32 bits per heavy atom. The number of thiophene rings is 1. The molecular weight excluding hydrogens is 301 g/mol. The minimum Gasteiger partial charge on any atom is -0.477 e. The predicted molar refractivity (Wildman–Crippen MR) is 62.4 cm³/mol. The van der Waals surface area contributed by atoms with Crippen molar-refractivity contribution in [1.29, 1.82) is 0 Å². The molecule has 0 atom stereocenters. The summed E-state index contributed by atoms with van der Waals surface area (Å²) in [6.45, 7) is 0. The Hall–Kier alpha value is -1.61. The van der Waals surface area contributed by atoms with E-state index in [1.54, 1.807) is 5.38 Å². The molecule has 0 aliphatic carbocycles. The molecule has 0 saturated heterocycles. The van der Waals surface area contributed by atoms with Crippen molar-refractivity contribution in [3.05, 3.63) is 34.2 Å². The Balaban J connectivity index is 2.13. The average Bonchev–Trinajstić information content (AvgIpc) is 2.77. The second kappa shape index (κ2) is 5.17. The topological polar surface area (TPSA) is 63.1 Å². The SMILES string of the molecule is O=C(O)c1cc(Sc2ccc(C(F)(F)F)nn2)cs1. The van der Waals surface area contributed by atoms with Gasteiger partial charge in [0.2, 0.25) is 0 Å². The first-order chi connectivity index (χ1) is 8.86. The van der Waals surface area contributed by atoms with Crippen molar-refractivity contribution in [2.45, 2.75) is 16.1 Å². The molecule has 0 radical (unpaired) electrons. The van der Waals surface area contributed by atoms with E-state index in [1.165, 1.54) is 12.1 Å². The summed E-state index contributed by atoms with van der Waals surface area (Å²) in [5.74, 6) is -1.05. The molecule has 2 aromatic heterocycles. The molecular formula is C10H5F3N2O2S2. The van der Waals surface area contributed by atoms with Gasteiger partial charge in [-0.1, -0.05) is 11.8 Å². The van der Waals surface area contributed by atoms with Gasteiger partial charge in [-0.2, -0.15) is 13.2 Å². The van der Waals surface area contributed by atoms with Crippen molar-refractivity contribution >= 4 is 29.1 Å². The number of carbonyl (C=O) groups is 1. The van der Waals surface area contributed by atoms with Crippen LogP contribution in [-0.2, 0) is 6.18 Å². The van der Waals surface area contributed by atoms with Gasteiger partial charge in [-0.15, -0.1) is 21.5 Å². The van der Waals surface area contributed by atoms with Gasteiger partial charge in [0.1, 0.15) is 9.90 Å². The van der Waals surface area contributed by atoms with Gasteiger partial charge in [0.15, 0.2) is 5.69 Å². The third-order valence-electron chi connectivity index (χ3n) is 1.94. The Morgan fingerprint density at radius 2 is 2.05 bits per heavy atom. The number of alkyl halides is 3. The fourth-order valence-corrected chi connectivity index (χ4v) is 2.79. The molecule has 0 amide bonds.